The highest BCUT2D eigenvalue weighted by atomic mass is 16.4. The van der Waals surface area contributed by atoms with E-state index in [1.165, 1.54) is 0 Å². The molecule has 264 valence electrons. The first kappa shape index (κ1) is 35.2. The number of nitrogens with two attached hydrogens (primary N) is 1. The average molecular weight is 683 g/mol. The monoisotopic (exact) mass is 682 g/mol. The molecule has 0 amide bonds. The van der Waals surface area contributed by atoms with Crippen LogP contribution in [0.2, 0.25) is 0 Å². The maximum absolute atomic E-state index is 11.9. The number of aromatic nitrogens is 5. The Balaban J connectivity index is 1.51. The van der Waals surface area contributed by atoms with Crippen LogP contribution in [0, 0.1) is 0 Å². The molecule has 4 aromatic rings. The van der Waals surface area contributed by atoms with E-state index < -0.39 is 17.5 Å². The standard InChI is InChI=1S/C36H46N10O4/c1-36(2,37)35-34-31-10-6-9-28(39-31)21-42-11-15-44(24-32(47)48)17-13-43(14-18-45(16-12-42)25-33(49)50)22-29-19-27(26-7-4-3-5-8-26)20-30(38-29)23-46(34)41-40-35/h3-10,19-20H,11-18,21-25,37H2,1-2H3,(H,47,48)(H,49,50). The number of aliphatic carboxylic acids is 2. The van der Waals surface area contributed by atoms with E-state index in [0.717, 1.165) is 33.9 Å². The fraction of sp³-hybridized carbons (Fsp3) is 0.444. The lowest BCUT2D eigenvalue weighted by molar-refractivity contribution is -0.139. The van der Waals surface area contributed by atoms with Crippen LogP contribution in [0.25, 0.3) is 22.5 Å². The van der Waals surface area contributed by atoms with Crippen LogP contribution in [0.15, 0.2) is 60.7 Å². The highest BCUT2D eigenvalue weighted by Crippen LogP contribution is 2.29. The summed E-state index contributed by atoms with van der Waals surface area (Å²) in [7, 11) is 0. The van der Waals surface area contributed by atoms with E-state index >= 15 is 0 Å². The molecule has 1 aromatic carbocycles. The first-order valence-electron chi connectivity index (χ1n) is 17.1. The molecular formula is C36H46N10O4. The molecule has 3 aromatic heterocycles. The van der Waals surface area contributed by atoms with Crippen LogP contribution < -0.4 is 5.73 Å². The first-order valence-corrected chi connectivity index (χ1v) is 17.1. The van der Waals surface area contributed by atoms with E-state index in [9.17, 15) is 19.8 Å². The molecule has 4 N–H and O–H groups in total. The molecule has 0 atom stereocenters. The molecule has 6 bridgehead atoms. The zero-order valence-corrected chi connectivity index (χ0v) is 28.8. The molecule has 3 aliphatic rings. The lowest BCUT2D eigenvalue weighted by atomic mass is 9.98. The predicted octanol–water partition coefficient (Wildman–Crippen LogP) is 2.05. The molecule has 0 radical (unpaired) electrons. The Morgan fingerprint density at radius 3 is 1.82 bits per heavy atom. The Morgan fingerprint density at radius 2 is 1.26 bits per heavy atom. The summed E-state index contributed by atoms with van der Waals surface area (Å²) in [5.41, 5.74) is 12.4. The Hall–Kier alpha value is -4.60. The smallest absolute Gasteiger partial charge is 0.317 e. The summed E-state index contributed by atoms with van der Waals surface area (Å²) in [4.78, 5) is 42.5. The van der Waals surface area contributed by atoms with Gasteiger partial charge in [0, 0.05) is 65.4 Å². The fourth-order valence-electron chi connectivity index (χ4n) is 6.63. The maximum Gasteiger partial charge on any atom is 0.317 e. The Kier molecular flexibility index (Phi) is 10.9. The van der Waals surface area contributed by atoms with Crippen LogP contribution in [0.4, 0.5) is 0 Å². The number of hydrogen-bond acceptors (Lipinski definition) is 11. The third-order valence-corrected chi connectivity index (χ3v) is 9.16. The molecule has 0 spiro atoms. The Morgan fingerprint density at radius 1 is 0.700 bits per heavy atom. The molecule has 14 nitrogen and oxygen atoms in total. The van der Waals surface area contributed by atoms with Crippen LogP contribution in [0.3, 0.4) is 0 Å². The molecule has 1 saturated heterocycles. The second kappa shape index (κ2) is 15.5. The van der Waals surface area contributed by atoms with Crippen molar-refractivity contribution in [3.8, 4) is 22.5 Å². The van der Waals surface area contributed by atoms with Crippen molar-refractivity contribution in [3.63, 3.8) is 0 Å². The van der Waals surface area contributed by atoms with Crippen molar-refractivity contribution in [2.45, 2.75) is 39.0 Å². The van der Waals surface area contributed by atoms with Crippen molar-refractivity contribution >= 4 is 11.9 Å². The maximum atomic E-state index is 11.9. The van der Waals surface area contributed by atoms with Crippen LogP contribution in [0.1, 0.15) is 36.6 Å². The second-order valence-corrected chi connectivity index (χ2v) is 13.8. The second-order valence-electron chi connectivity index (χ2n) is 13.8. The van der Waals surface area contributed by atoms with E-state index in [2.05, 4.69) is 44.4 Å². The molecular weight excluding hydrogens is 636 g/mol. The predicted molar refractivity (Wildman–Crippen MR) is 188 cm³/mol. The minimum Gasteiger partial charge on any atom is -0.480 e. The third-order valence-electron chi connectivity index (χ3n) is 9.16. The van der Waals surface area contributed by atoms with Crippen LogP contribution >= 0.6 is 0 Å². The van der Waals surface area contributed by atoms with Gasteiger partial charge in [0.2, 0.25) is 0 Å². The van der Waals surface area contributed by atoms with E-state index in [0.29, 0.717) is 83.4 Å². The van der Waals surface area contributed by atoms with Crippen molar-refractivity contribution in [3.05, 3.63) is 83.4 Å². The number of hydrogen-bond donors (Lipinski definition) is 3. The van der Waals surface area contributed by atoms with Gasteiger partial charge in [0.15, 0.2) is 0 Å². The van der Waals surface area contributed by atoms with E-state index in [-0.39, 0.29) is 13.1 Å². The van der Waals surface area contributed by atoms with Gasteiger partial charge in [-0.2, -0.15) is 0 Å². The first-order chi connectivity index (χ1) is 24.0. The highest BCUT2D eigenvalue weighted by Gasteiger charge is 2.28. The summed E-state index contributed by atoms with van der Waals surface area (Å²) in [6.45, 7) is 9.50. The number of carbonyl (C=O) groups is 2. The van der Waals surface area contributed by atoms with Gasteiger partial charge in [0.25, 0.3) is 0 Å². The SMILES string of the molecule is CC(C)(N)c1nnn2c1-c1cccc(n1)CN1CCN(CC(=O)O)CCN(CCN(CC(=O)O)CC1)Cc1cc(-c3ccccc3)cc(n1)C2. The van der Waals surface area contributed by atoms with Gasteiger partial charge in [-0.1, -0.05) is 41.6 Å². The number of pyridine rings is 2. The molecule has 0 saturated carbocycles. The van der Waals surface area contributed by atoms with Gasteiger partial charge in [-0.3, -0.25) is 34.2 Å². The normalized spacial score (nSPS) is 19.7. The van der Waals surface area contributed by atoms with Gasteiger partial charge >= 0.3 is 11.9 Å². The summed E-state index contributed by atoms with van der Waals surface area (Å²) in [5, 5.41) is 28.7. The van der Waals surface area contributed by atoms with Crippen LogP contribution in [-0.2, 0) is 34.8 Å². The van der Waals surface area contributed by atoms with E-state index in [1.54, 1.807) is 0 Å². The molecule has 3 aliphatic heterocycles. The average Bonchev–Trinajstić information content (AvgIpc) is 3.50. The van der Waals surface area contributed by atoms with E-state index in [4.69, 9.17) is 15.7 Å². The lowest BCUT2D eigenvalue weighted by Crippen LogP contribution is -2.47. The summed E-state index contributed by atoms with van der Waals surface area (Å²) in [5.74, 6) is -1.74. The molecule has 6 heterocycles. The van der Waals surface area contributed by atoms with Gasteiger partial charge in [-0.15, -0.1) is 5.10 Å². The fourth-order valence-corrected chi connectivity index (χ4v) is 6.63. The number of carboxylic acid groups (broad SMARTS) is 2. The van der Waals surface area contributed by atoms with Crippen molar-refractivity contribution in [1.29, 1.82) is 0 Å². The Labute approximate surface area is 292 Å². The number of carboxylic acids is 2. The Bertz CT molecular complexity index is 1760. The van der Waals surface area contributed by atoms with Gasteiger partial charge < -0.3 is 15.9 Å². The summed E-state index contributed by atoms with van der Waals surface area (Å²) in [6.07, 6.45) is 0. The molecule has 0 aliphatic carbocycles. The van der Waals surface area contributed by atoms with Gasteiger partial charge in [-0.05, 0) is 49.2 Å². The topological polar surface area (TPSA) is 170 Å². The molecule has 50 heavy (non-hydrogen) atoms. The van der Waals surface area contributed by atoms with Crippen LogP contribution in [0.5, 0.6) is 0 Å². The summed E-state index contributed by atoms with van der Waals surface area (Å²) >= 11 is 0. The largest absolute Gasteiger partial charge is 0.480 e. The van der Waals surface area contributed by atoms with Gasteiger partial charge in [0.1, 0.15) is 11.4 Å². The van der Waals surface area contributed by atoms with Gasteiger partial charge in [0.05, 0.1) is 47.9 Å². The third kappa shape index (κ3) is 9.14. The van der Waals surface area contributed by atoms with Crippen molar-refractivity contribution in [1.82, 2.24) is 44.6 Å². The van der Waals surface area contributed by atoms with Crippen molar-refractivity contribution in [2.75, 3.05) is 65.4 Å². The van der Waals surface area contributed by atoms with Crippen molar-refractivity contribution < 1.29 is 19.8 Å². The molecule has 14 heteroatoms. The zero-order valence-electron chi connectivity index (χ0n) is 28.8. The van der Waals surface area contributed by atoms with Crippen LogP contribution in [-0.4, -0.2) is 132 Å². The summed E-state index contributed by atoms with van der Waals surface area (Å²) in [6, 6.07) is 20.2. The minimum atomic E-state index is -0.870. The quantitative estimate of drug-likeness (QED) is 0.270. The minimum absolute atomic E-state index is 0.0684. The lowest BCUT2D eigenvalue weighted by Gasteiger charge is -2.33. The molecule has 7 rings (SSSR count). The molecule has 1 fully saturated rings. The van der Waals surface area contributed by atoms with Crippen molar-refractivity contribution in [2.24, 2.45) is 5.73 Å². The van der Waals surface area contributed by atoms with E-state index in [1.807, 2.05) is 64.7 Å². The number of benzene rings is 1. The summed E-state index contributed by atoms with van der Waals surface area (Å²) < 4.78 is 1.84. The number of rotatable bonds is 6. The highest BCUT2D eigenvalue weighted by molar-refractivity contribution is 5.69. The zero-order chi connectivity index (χ0) is 35.3. The molecule has 0 unspecified atom stereocenters. The number of fused-ring (bicyclic) bond motifs is 8. The van der Waals surface area contributed by atoms with Gasteiger partial charge in [-0.25, -0.2) is 9.67 Å². The number of nitrogens with zero attached hydrogens (tertiary/aromatic N) is 9.